The van der Waals surface area contributed by atoms with Crippen molar-refractivity contribution in [2.45, 2.75) is 39.0 Å². The minimum atomic E-state index is -0.0474. The highest BCUT2D eigenvalue weighted by molar-refractivity contribution is 5.77. The van der Waals surface area contributed by atoms with E-state index in [0.29, 0.717) is 11.7 Å². The maximum atomic E-state index is 11.7. The van der Waals surface area contributed by atoms with Crippen LogP contribution in [0.5, 0.6) is 5.75 Å². The van der Waals surface area contributed by atoms with Gasteiger partial charge < -0.3 is 10.1 Å². The number of nitrogens with zero attached hydrogens (tertiary/aromatic N) is 1. The first-order chi connectivity index (χ1) is 9.25. The predicted octanol–water partition coefficient (Wildman–Crippen LogP) is 2.47. The molecule has 1 aromatic rings. The van der Waals surface area contributed by atoms with Gasteiger partial charge in [-0.1, -0.05) is 19.3 Å². The van der Waals surface area contributed by atoms with E-state index in [0.717, 1.165) is 12.2 Å². The van der Waals surface area contributed by atoms with Crippen molar-refractivity contribution in [2.24, 2.45) is 5.92 Å². The number of aromatic nitrogens is 1. The number of hydrogen-bond donors (Lipinski definition) is 1. The molecule has 0 atom stereocenters. The maximum absolute atomic E-state index is 11.7. The molecule has 1 aliphatic rings. The highest BCUT2D eigenvalue weighted by Crippen LogP contribution is 2.22. The van der Waals surface area contributed by atoms with E-state index in [2.05, 4.69) is 10.3 Å². The lowest BCUT2D eigenvalue weighted by atomic mass is 9.89. The molecule has 1 saturated carbocycles. The topological polar surface area (TPSA) is 51.2 Å². The summed E-state index contributed by atoms with van der Waals surface area (Å²) in [5.74, 6) is 1.28. The lowest BCUT2D eigenvalue weighted by Gasteiger charge is -2.21. The third-order valence-corrected chi connectivity index (χ3v) is 3.63. The van der Waals surface area contributed by atoms with Gasteiger partial charge in [-0.2, -0.15) is 0 Å². The molecule has 4 heteroatoms. The Balaban J connectivity index is 1.68. The Morgan fingerprint density at radius 1 is 1.42 bits per heavy atom. The molecule has 1 N–H and O–H groups in total. The molecule has 2 rings (SSSR count). The Bertz CT molecular complexity index is 414. The molecule has 104 valence electrons. The van der Waals surface area contributed by atoms with E-state index in [1.165, 1.54) is 32.1 Å². The molecule has 1 amide bonds. The van der Waals surface area contributed by atoms with E-state index in [1.807, 2.05) is 19.1 Å². The minimum Gasteiger partial charge on any atom is -0.482 e. The van der Waals surface area contributed by atoms with E-state index in [9.17, 15) is 4.79 Å². The van der Waals surface area contributed by atoms with Gasteiger partial charge in [-0.15, -0.1) is 0 Å². The first-order valence-corrected chi connectivity index (χ1v) is 7.07. The summed E-state index contributed by atoms with van der Waals surface area (Å²) in [4.78, 5) is 15.8. The Morgan fingerprint density at radius 2 is 2.21 bits per heavy atom. The van der Waals surface area contributed by atoms with Crippen LogP contribution in [0.3, 0.4) is 0 Å². The lowest BCUT2D eigenvalue weighted by Crippen LogP contribution is -2.33. The van der Waals surface area contributed by atoms with Crippen LogP contribution in [0.1, 0.15) is 37.8 Å². The molecule has 0 aromatic carbocycles. The number of rotatable bonds is 5. The van der Waals surface area contributed by atoms with Crippen LogP contribution in [0.2, 0.25) is 0 Å². The number of pyridine rings is 1. The van der Waals surface area contributed by atoms with Gasteiger partial charge in [0.1, 0.15) is 5.75 Å². The molecule has 0 bridgehead atoms. The summed E-state index contributed by atoms with van der Waals surface area (Å²) >= 11 is 0. The Morgan fingerprint density at radius 3 is 2.95 bits per heavy atom. The van der Waals surface area contributed by atoms with Crippen molar-refractivity contribution < 1.29 is 9.53 Å². The van der Waals surface area contributed by atoms with Crippen LogP contribution in [-0.4, -0.2) is 24.0 Å². The second-order valence-electron chi connectivity index (χ2n) is 5.18. The van der Waals surface area contributed by atoms with Crippen molar-refractivity contribution in [3.8, 4) is 5.75 Å². The first-order valence-electron chi connectivity index (χ1n) is 7.07. The van der Waals surface area contributed by atoms with E-state index in [-0.39, 0.29) is 12.5 Å². The standard InChI is InChI=1S/C15H22N2O2/c1-12-14(8-5-9-16-12)19-11-15(18)17-10-13-6-3-2-4-7-13/h5,8-9,13H,2-4,6-7,10-11H2,1H3,(H,17,18). The van der Waals surface area contributed by atoms with Crippen molar-refractivity contribution >= 4 is 5.91 Å². The molecular weight excluding hydrogens is 240 g/mol. The zero-order valence-corrected chi connectivity index (χ0v) is 11.5. The molecule has 1 aromatic heterocycles. The van der Waals surface area contributed by atoms with Crippen molar-refractivity contribution in [1.82, 2.24) is 10.3 Å². The summed E-state index contributed by atoms with van der Waals surface area (Å²) in [5, 5.41) is 2.96. The summed E-state index contributed by atoms with van der Waals surface area (Å²) in [7, 11) is 0. The van der Waals surface area contributed by atoms with E-state index < -0.39 is 0 Å². The lowest BCUT2D eigenvalue weighted by molar-refractivity contribution is -0.123. The fraction of sp³-hybridized carbons (Fsp3) is 0.600. The Hall–Kier alpha value is -1.58. The summed E-state index contributed by atoms with van der Waals surface area (Å²) in [5.41, 5.74) is 0.808. The number of nitrogens with one attached hydrogen (secondary N) is 1. The summed E-state index contributed by atoms with van der Waals surface area (Å²) in [6.07, 6.45) is 8.13. The third kappa shape index (κ3) is 4.54. The van der Waals surface area contributed by atoms with Gasteiger partial charge in [0, 0.05) is 12.7 Å². The number of amides is 1. The highest BCUT2D eigenvalue weighted by Gasteiger charge is 2.14. The van der Waals surface area contributed by atoms with Crippen LogP contribution in [0, 0.1) is 12.8 Å². The third-order valence-electron chi connectivity index (χ3n) is 3.63. The molecule has 1 aliphatic carbocycles. The van der Waals surface area contributed by atoms with Gasteiger partial charge in [0.25, 0.3) is 5.91 Å². The Labute approximate surface area is 114 Å². The summed E-state index contributed by atoms with van der Waals surface area (Å²) in [6.45, 7) is 2.72. The van der Waals surface area contributed by atoms with E-state index in [1.54, 1.807) is 6.20 Å². The minimum absolute atomic E-state index is 0.0474. The van der Waals surface area contributed by atoms with Crippen LogP contribution in [0.4, 0.5) is 0 Å². The van der Waals surface area contributed by atoms with Gasteiger partial charge in [-0.05, 0) is 37.8 Å². The second kappa shape index (κ2) is 7.12. The van der Waals surface area contributed by atoms with Gasteiger partial charge in [0.2, 0.25) is 0 Å². The van der Waals surface area contributed by atoms with E-state index in [4.69, 9.17) is 4.74 Å². The number of hydrogen-bond acceptors (Lipinski definition) is 3. The van der Waals surface area contributed by atoms with Gasteiger partial charge >= 0.3 is 0 Å². The normalized spacial score (nSPS) is 16.1. The quantitative estimate of drug-likeness (QED) is 0.887. The number of carbonyl (C=O) groups is 1. The smallest absolute Gasteiger partial charge is 0.257 e. The van der Waals surface area contributed by atoms with Gasteiger partial charge in [0.15, 0.2) is 6.61 Å². The van der Waals surface area contributed by atoms with E-state index >= 15 is 0 Å². The monoisotopic (exact) mass is 262 g/mol. The summed E-state index contributed by atoms with van der Waals surface area (Å²) < 4.78 is 5.46. The van der Waals surface area contributed by atoms with Gasteiger partial charge in [0.05, 0.1) is 5.69 Å². The zero-order valence-electron chi connectivity index (χ0n) is 11.5. The molecule has 1 heterocycles. The fourth-order valence-corrected chi connectivity index (χ4v) is 2.47. The maximum Gasteiger partial charge on any atom is 0.257 e. The molecule has 1 fully saturated rings. The first kappa shape index (κ1) is 13.8. The van der Waals surface area contributed by atoms with Crippen LogP contribution in [0.15, 0.2) is 18.3 Å². The van der Waals surface area contributed by atoms with Gasteiger partial charge in [-0.25, -0.2) is 0 Å². The number of ether oxygens (including phenoxy) is 1. The van der Waals surface area contributed by atoms with Crippen molar-refractivity contribution in [3.05, 3.63) is 24.0 Å². The predicted molar refractivity (Wildman–Crippen MR) is 74.1 cm³/mol. The van der Waals surface area contributed by atoms with Crippen LogP contribution >= 0.6 is 0 Å². The molecule has 0 aliphatic heterocycles. The van der Waals surface area contributed by atoms with Crippen molar-refractivity contribution in [3.63, 3.8) is 0 Å². The Kier molecular flexibility index (Phi) is 5.19. The van der Waals surface area contributed by atoms with Crippen molar-refractivity contribution in [2.75, 3.05) is 13.2 Å². The molecular formula is C15H22N2O2. The number of carbonyl (C=O) groups excluding carboxylic acids is 1. The largest absolute Gasteiger partial charge is 0.482 e. The summed E-state index contributed by atoms with van der Waals surface area (Å²) in [6, 6.07) is 3.64. The average molecular weight is 262 g/mol. The number of aryl methyl sites for hydroxylation is 1. The fourth-order valence-electron chi connectivity index (χ4n) is 2.47. The molecule has 0 radical (unpaired) electrons. The van der Waals surface area contributed by atoms with Gasteiger partial charge in [-0.3, -0.25) is 9.78 Å². The molecule has 19 heavy (non-hydrogen) atoms. The van der Waals surface area contributed by atoms with Crippen LogP contribution in [0.25, 0.3) is 0 Å². The SMILES string of the molecule is Cc1ncccc1OCC(=O)NCC1CCCCC1. The molecule has 0 saturated heterocycles. The average Bonchev–Trinajstić information content (AvgIpc) is 2.45. The van der Waals surface area contributed by atoms with Crippen LogP contribution < -0.4 is 10.1 Å². The zero-order chi connectivity index (χ0) is 13.5. The molecule has 0 unspecified atom stereocenters. The molecule has 0 spiro atoms. The van der Waals surface area contributed by atoms with Crippen LogP contribution in [-0.2, 0) is 4.79 Å². The molecule has 4 nitrogen and oxygen atoms in total. The highest BCUT2D eigenvalue weighted by atomic mass is 16.5. The van der Waals surface area contributed by atoms with Crippen molar-refractivity contribution in [1.29, 1.82) is 0 Å². The second-order valence-corrected chi connectivity index (χ2v) is 5.18.